The first-order valence-electron chi connectivity index (χ1n) is 10.6. The van der Waals surface area contributed by atoms with Crippen LogP contribution in [0.4, 0.5) is 5.69 Å². The van der Waals surface area contributed by atoms with Gasteiger partial charge in [0.2, 0.25) is 0 Å². The lowest BCUT2D eigenvalue weighted by molar-refractivity contribution is -0.118. The molecule has 0 saturated heterocycles. The third-order valence-corrected chi connectivity index (χ3v) is 5.66. The summed E-state index contributed by atoms with van der Waals surface area (Å²) in [5.41, 5.74) is 1.93. The van der Waals surface area contributed by atoms with E-state index in [1.807, 2.05) is 24.3 Å². The van der Waals surface area contributed by atoms with Gasteiger partial charge in [-0.05, 0) is 48.6 Å². The molecule has 30 heavy (non-hydrogen) atoms. The second-order valence-electron chi connectivity index (χ2n) is 8.03. The zero-order valence-electron chi connectivity index (χ0n) is 17.5. The van der Waals surface area contributed by atoms with Crippen molar-refractivity contribution in [2.75, 3.05) is 11.9 Å². The standard InChI is InChI=1S/C24H29ClN2O3/c1-16(2)19-10-6-7-11-22(19)30-15-23(28)26-18-12-13-21(25)20(14-18)24(29)27-17-8-4-3-5-9-17/h6-7,10-14,16-17H,3-5,8-9,15H2,1-2H3,(H,26,28)(H,27,29). The lowest BCUT2D eigenvalue weighted by atomic mass is 9.95. The molecule has 2 amide bonds. The Labute approximate surface area is 183 Å². The molecule has 0 radical (unpaired) electrons. The largest absolute Gasteiger partial charge is 0.483 e. The molecule has 5 nitrogen and oxygen atoms in total. The zero-order valence-corrected chi connectivity index (χ0v) is 18.3. The summed E-state index contributed by atoms with van der Waals surface area (Å²) in [5.74, 6) is 0.497. The maximum absolute atomic E-state index is 12.7. The Morgan fingerprint density at radius 3 is 2.57 bits per heavy atom. The minimum atomic E-state index is -0.297. The Hall–Kier alpha value is -2.53. The van der Waals surface area contributed by atoms with E-state index >= 15 is 0 Å². The number of para-hydroxylation sites is 1. The van der Waals surface area contributed by atoms with Crippen molar-refractivity contribution in [1.29, 1.82) is 0 Å². The smallest absolute Gasteiger partial charge is 0.262 e. The van der Waals surface area contributed by atoms with Crippen molar-refractivity contribution in [3.63, 3.8) is 0 Å². The van der Waals surface area contributed by atoms with Crippen LogP contribution in [0.1, 0.15) is 67.8 Å². The third kappa shape index (κ3) is 5.99. The van der Waals surface area contributed by atoms with E-state index in [0.29, 0.717) is 27.9 Å². The number of hydrogen-bond acceptors (Lipinski definition) is 3. The van der Waals surface area contributed by atoms with Crippen LogP contribution < -0.4 is 15.4 Å². The summed E-state index contributed by atoms with van der Waals surface area (Å²) in [6.07, 6.45) is 5.48. The molecule has 6 heteroatoms. The summed E-state index contributed by atoms with van der Waals surface area (Å²) in [4.78, 5) is 25.0. The van der Waals surface area contributed by atoms with Gasteiger partial charge in [-0.1, -0.05) is 62.9 Å². The average Bonchev–Trinajstić information content (AvgIpc) is 2.74. The number of rotatable bonds is 7. The minimum Gasteiger partial charge on any atom is -0.483 e. The van der Waals surface area contributed by atoms with Gasteiger partial charge in [-0.25, -0.2) is 0 Å². The van der Waals surface area contributed by atoms with Gasteiger partial charge in [-0.15, -0.1) is 0 Å². The zero-order chi connectivity index (χ0) is 21.5. The molecule has 1 saturated carbocycles. The number of hydrogen-bond donors (Lipinski definition) is 2. The molecule has 0 unspecified atom stereocenters. The predicted molar refractivity (Wildman–Crippen MR) is 120 cm³/mol. The highest BCUT2D eigenvalue weighted by Crippen LogP contribution is 2.26. The van der Waals surface area contributed by atoms with Gasteiger partial charge in [-0.2, -0.15) is 0 Å². The van der Waals surface area contributed by atoms with Gasteiger partial charge < -0.3 is 15.4 Å². The van der Waals surface area contributed by atoms with Crippen LogP contribution in [0.15, 0.2) is 42.5 Å². The van der Waals surface area contributed by atoms with Crippen molar-refractivity contribution in [3.8, 4) is 5.75 Å². The van der Waals surface area contributed by atoms with Crippen molar-refractivity contribution in [2.45, 2.75) is 57.9 Å². The highest BCUT2D eigenvalue weighted by Gasteiger charge is 2.19. The van der Waals surface area contributed by atoms with Crippen molar-refractivity contribution in [2.24, 2.45) is 0 Å². The third-order valence-electron chi connectivity index (χ3n) is 5.33. The SMILES string of the molecule is CC(C)c1ccccc1OCC(=O)Nc1ccc(Cl)c(C(=O)NC2CCCCC2)c1. The van der Waals surface area contributed by atoms with E-state index in [9.17, 15) is 9.59 Å². The molecular formula is C24H29ClN2O3. The molecule has 1 fully saturated rings. The van der Waals surface area contributed by atoms with Crippen molar-refractivity contribution >= 4 is 29.1 Å². The quantitative estimate of drug-likeness (QED) is 0.608. The van der Waals surface area contributed by atoms with Gasteiger partial charge in [0, 0.05) is 11.7 Å². The molecule has 1 aliphatic rings. The Balaban J connectivity index is 1.60. The van der Waals surface area contributed by atoms with E-state index in [4.69, 9.17) is 16.3 Å². The minimum absolute atomic E-state index is 0.115. The average molecular weight is 429 g/mol. The molecule has 2 aromatic rings. The molecule has 0 atom stereocenters. The number of ether oxygens (including phenoxy) is 1. The highest BCUT2D eigenvalue weighted by atomic mass is 35.5. The second-order valence-corrected chi connectivity index (χ2v) is 8.44. The highest BCUT2D eigenvalue weighted by molar-refractivity contribution is 6.34. The van der Waals surface area contributed by atoms with Gasteiger partial charge >= 0.3 is 0 Å². The van der Waals surface area contributed by atoms with E-state index in [1.165, 1.54) is 6.42 Å². The first-order chi connectivity index (χ1) is 14.4. The molecule has 160 valence electrons. The Bertz CT molecular complexity index is 892. The Morgan fingerprint density at radius 2 is 1.83 bits per heavy atom. The summed E-state index contributed by atoms with van der Waals surface area (Å²) in [5, 5.41) is 6.21. The molecule has 0 bridgehead atoms. The number of halogens is 1. The van der Waals surface area contributed by atoms with Gasteiger partial charge in [0.05, 0.1) is 10.6 Å². The van der Waals surface area contributed by atoms with Gasteiger partial charge in [-0.3, -0.25) is 9.59 Å². The van der Waals surface area contributed by atoms with Crippen LogP contribution in [0.3, 0.4) is 0 Å². The Kier molecular flexibility index (Phi) is 7.75. The number of anilines is 1. The summed E-state index contributed by atoms with van der Waals surface area (Å²) in [6, 6.07) is 12.8. The van der Waals surface area contributed by atoms with E-state index in [1.54, 1.807) is 18.2 Å². The van der Waals surface area contributed by atoms with Crippen LogP contribution in [0, 0.1) is 0 Å². The lowest BCUT2D eigenvalue weighted by Crippen LogP contribution is -2.36. The molecule has 2 N–H and O–H groups in total. The molecule has 0 heterocycles. The van der Waals surface area contributed by atoms with Crippen LogP contribution in [0.2, 0.25) is 5.02 Å². The van der Waals surface area contributed by atoms with Gasteiger partial charge in [0.1, 0.15) is 5.75 Å². The van der Waals surface area contributed by atoms with Gasteiger partial charge in [0.25, 0.3) is 11.8 Å². The molecule has 0 spiro atoms. The van der Waals surface area contributed by atoms with Gasteiger partial charge in [0.15, 0.2) is 6.61 Å². The van der Waals surface area contributed by atoms with E-state index in [-0.39, 0.29) is 24.5 Å². The number of amides is 2. The summed E-state index contributed by atoms with van der Waals surface area (Å²) in [6.45, 7) is 4.04. The van der Waals surface area contributed by atoms with Crippen molar-refractivity contribution in [3.05, 3.63) is 58.6 Å². The maximum Gasteiger partial charge on any atom is 0.262 e. The summed E-state index contributed by atoms with van der Waals surface area (Å²) >= 11 is 6.24. The normalized spacial score (nSPS) is 14.4. The number of carbonyl (C=O) groups is 2. The lowest BCUT2D eigenvalue weighted by Gasteiger charge is -2.23. The van der Waals surface area contributed by atoms with E-state index in [2.05, 4.69) is 24.5 Å². The molecule has 1 aliphatic carbocycles. The monoisotopic (exact) mass is 428 g/mol. The molecular weight excluding hydrogens is 400 g/mol. The first kappa shape index (κ1) is 22.2. The predicted octanol–water partition coefficient (Wildman–Crippen LogP) is 5.54. The van der Waals surface area contributed by atoms with Crippen LogP contribution in [-0.4, -0.2) is 24.5 Å². The fraction of sp³-hybridized carbons (Fsp3) is 0.417. The van der Waals surface area contributed by atoms with Crippen molar-refractivity contribution < 1.29 is 14.3 Å². The van der Waals surface area contributed by atoms with E-state index in [0.717, 1.165) is 31.2 Å². The fourth-order valence-electron chi connectivity index (χ4n) is 3.72. The molecule has 0 aliphatic heterocycles. The topological polar surface area (TPSA) is 67.4 Å². The maximum atomic E-state index is 12.7. The van der Waals surface area contributed by atoms with Crippen LogP contribution in [0.5, 0.6) is 5.75 Å². The number of carbonyl (C=O) groups excluding carboxylic acids is 2. The summed E-state index contributed by atoms with van der Waals surface area (Å²) < 4.78 is 5.72. The first-order valence-corrected chi connectivity index (χ1v) is 10.9. The Morgan fingerprint density at radius 1 is 1.10 bits per heavy atom. The van der Waals surface area contributed by atoms with E-state index < -0.39 is 0 Å². The number of benzene rings is 2. The fourth-order valence-corrected chi connectivity index (χ4v) is 3.92. The van der Waals surface area contributed by atoms with Crippen molar-refractivity contribution in [1.82, 2.24) is 5.32 Å². The number of nitrogens with one attached hydrogen (secondary N) is 2. The summed E-state index contributed by atoms with van der Waals surface area (Å²) in [7, 11) is 0. The van der Waals surface area contributed by atoms with Crippen LogP contribution in [-0.2, 0) is 4.79 Å². The molecule has 0 aromatic heterocycles. The molecule has 3 rings (SSSR count). The molecule has 2 aromatic carbocycles. The van der Waals surface area contributed by atoms with Crippen LogP contribution >= 0.6 is 11.6 Å². The second kappa shape index (κ2) is 10.5. The van der Waals surface area contributed by atoms with Crippen LogP contribution in [0.25, 0.3) is 0 Å².